The maximum atomic E-state index is 8.05. The molecule has 1 heterocycles. The van der Waals surface area contributed by atoms with Crippen molar-refractivity contribution in [1.29, 1.82) is 10.8 Å². The number of rotatable bonds is 5. The second kappa shape index (κ2) is 7.45. The predicted octanol–water partition coefficient (Wildman–Crippen LogP) is 3.57. The molecule has 116 valence electrons. The van der Waals surface area contributed by atoms with E-state index >= 15 is 0 Å². The molecule has 0 amide bonds. The monoisotopic (exact) mass is 298 g/mol. The number of amidine groups is 1. The molecule has 5 nitrogen and oxygen atoms in total. The molecule has 5 heteroatoms. The van der Waals surface area contributed by atoms with Crippen molar-refractivity contribution in [2.45, 2.75) is 32.7 Å². The standard InChI is InChI=1S/C17H22N4O/c1-3-14(4-2)20-17(19)21-16(18)13-9-7-12(8-10-13)15-6-5-11-22-15/h5-11,14H,3-4H2,1-2H3,(H4,18,19,20,21). The van der Waals surface area contributed by atoms with Crippen LogP contribution in [-0.2, 0) is 0 Å². The normalized spacial score (nSPS) is 10.5. The van der Waals surface area contributed by atoms with Gasteiger partial charge in [0.05, 0.1) is 6.26 Å². The fourth-order valence-corrected chi connectivity index (χ4v) is 2.17. The van der Waals surface area contributed by atoms with Gasteiger partial charge in [-0.15, -0.1) is 0 Å². The maximum absolute atomic E-state index is 8.05. The van der Waals surface area contributed by atoms with Crippen LogP contribution in [-0.4, -0.2) is 17.8 Å². The van der Waals surface area contributed by atoms with Gasteiger partial charge in [-0.25, -0.2) is 0 Å². The lowest BCUT2D eigenvalue weighted by Gasteiger charge is -2.18. The lowest BCUT2D eigenvalue weighted by Crippen LogP contribution is -2.44. The fraction of sp³-hybridized carbons (Fsp3) is 0.294. The lowest BCUT2D eigenvalue weighted by atomic mass is 10.1. The fourth-order valence-electron chi connectivity index (χ4n) is 2.17. The molecule has 0 atom stereocenters. The highest BCUT2D eigenvalue weighted by Gasteiger charge is 2.08. The molecule has 0 fully saturated rings. The van der Waals surface area contributed by atoms with E-state index in [-0.39, 0.29) is 17.8 Å². The van der Waals surface area contributed by atoms with Gasteiger partial charge in [0, 0.05) is 17.2 Å². The number of benzene rings is 1. The van der Waals surface area contributed by atoms with Gasteiger partial charge in [0.25, 0.3) is 0 Å². The largest absolute Gasteiger partial charge is 0.464 e. The van der Waals surface area contributed by atoms with Crippen molar-refractivity contribution in [3.63, 3.8) is 0 Å². The summed E-state index contributed by atoms with van der Waals surface area (Å²) in [5, 5.41) is 21.8. The van der Waals surface area contributed by atoms with E-state index in [9.17, 15) is 0 Å². The van der Waals surface area contributed by atoms with E-state index < -0.39 is 0 Å². The molecule has 0 saturated heterocycles. The number of nitrogens with one attached hydrogen (secondary N) is 4. The van der Waals surface area contributed by atoms with Gasteiger partial charge in [0.15, 0.2) is 5.96 Å². The van der Waals surface area contributed by atoms with Crippen LogP contribution in [0.25, 0.3) is 11.3 Å². The number of hydrogen-bond acceptors (Lipinski definition) is 3. The van der Waals surface area contributed by atoms with Crippen LogP contribution < -0.4 is 10.6 Å². The van der Waals surface area contributed by atoms with Crippen LogP contribution in [0.1, 0.15) is 32.3 Å². The van der Waals surface area contributed by atoms with Crippen molar-refractivity contribution in [2.75, 3.05) is 0 Å². The molecule has 0 unspecified atom stereocenters. The van der Waals surface area contributed by atoms with Crippen LogP contribution in [0.3, 0.4) is 0 Å². The Morgan fingerprint density at radius 1 is 1.09 bits per heavy atom. The van der Waals surface area contributed by atoms with E-state index in [1.54, 1.807) is 6.26 Å². The van der Waals surface area contributed by atoms with Gasteiger partial charge in [-0.1, -0.05) is 38.1 Å². The van der Waals surface area contributed by atoms with Crippen molar-refractivity contribution in [3.8, 4) is 11.3 Å². The van der Waals surface area contributed by atoms with Crippen LogP contribution in [0.15, 0.2) is 47.1 Å². The number of guanidine groups is 1. The molecule has 1 aromatic heterocycles. The number of hydrogen-bond donors (Lipinski definition) is 4. The predicted molar refractivity (Wildman–Crippen MR) is 89.3 cm³/mol. The Bertz CT molecular complexity index is 613. The Hall–Kier alpha value is -2.56. The first-order valence-electron chi connectivity index (χ1n) is 7.49. The smallest absolute Gasteiger partial charge is 0.194 e. The van der Waals surface area contributed by atoms with Gasteiger partial charge in [-0.3, -0.25) is 10.8 Å². The molecule has 1 aromatic carbocycles. The SMILES string of the molecule is CCC(CC)NC(=N)NC(=N)c1ccc(-c2ccco2)cc1. The Labute approximate surface area is 130 Å². The van der Waals surface area contributed by atoms with Crippen LogP contribution in [0.4, 0.5) is 0 Å². The zero-order chi connectivity index (χ0) is 15.9. The van der Waals surface area contributed by atoms with E-state index in [0.717, 1.165) is 29.7 Å². The Morgan fingerprint density at radius 3 is 2.32 bits per heavy atom. The summed E-state index contributed by atoms with van der Waals surface area (Å²) in [6.07, 6.45) is 3.54. The van der Waals surface area contributed by atoms with Crippen LogP contribution in [0, 0.1) is 10.8 Å². The van der Waals surface area contributed by atoms with Crippen LogP contribution >= 0.6 is 0 Å². The Kier molecular flexibility index (Phi) is 5.36. The second-order valence-corrected chi connectivity index (χ2v) is 5.09. The summed E-state index contributed by atoms with van der Waals surface area (Å²) in [5.74, 6) is 1.16. The Morgan fingerprint density at radius 2 is 1.77 bits per heavy atom. The molecule has 2 aromatic rings. The molecule has 0 aliphatic heterocycles. The molecule has 0 aliphatic carbocycles. The Balaban J connectivity index is 1.96. The third-order valence-electron chi connectivity index (χ3n) is 3.56. The summed E-state index contributed by atoms with van der Waals surface area (Å²) in [6.45, 7) is 4.15. The minimum Gasteiger partial charge on any atom is -0.464 e. The van der Waals surface area contributed by atoms with E-state index in [1.165, 1.54) is 0 Å². The average molecular weight is 298 g/mol. The molecule has 0 radical (unpaired) electrons. The summed E-state index contributed by atoms with van der Waals surface area (Å²) in [7, 11) is 0. The van der Waals surface area contributed by atoms with Crippen LogP contribution in [0.5, 0.6) is 0 Å². The highest BCUT2D eigenvalue weighted by atomic mass is 16.3. The summed E-state index contributed by atoms with van der Waals surface area (Å²) >= 11 is 0. The minimum absolute atomic E-state index is 0.161. The zero-order valence-electron chi connectivity index (χ0n) is 12.9. The van der Waals surface area contributed by atoms with Crippen molar-refractivity contribution < 1.29 is 4.42 Å². The van der Waals surface area contributed by atoms with E-state index in [2.05, 4.69) is 24.5 Å². The lowest BCUT2D eigenvalue weighted by molar-refractivity contribution is 0.563. The van der Waals surface area contributed by atoms with Crippen molar-refractivity contribution in [3.05, 3.63) is 48.2 Å². The zero-order valence-corrected chi connectivity index (χ0v) is 12.9. The van der Waals surface area contributed by atoms with Gasteiger partial charge in [-0.2, -0.15) is 0 Å². The molecular weight excluding hydrogens is 276 g/mol. The van der Waals surface area contributed by atoms with Gasteiger partial charge < -0.3 is 15.1 Å². The van der Waals surface area contributed by atoms with Gasteiger partial charge in [0.2, 0.25) is 0 Å². The topological polar surface area (TPSA) is 84.9 Å². The average Bonchev–Trinajstić information content (AvgIpc) is 3.07. The highest BCUT2D eigenvalue weighted by Crippen LogP contribution is 2.19. The highest BCUT2D eigenvalue weighted by molar-refractivity contribution is 6.06. The molecule has 0 bridgehead atoms. The van der Waals surface area contributed by atoms with Crippen molar-refractivity contribution >= 4 is 11.8 Å². The molecular formula is C17H22N4O. The summed E-state index contributed by atoms with van der Waals surface area (Å²) in [5.41, 5.74) is 1.69. The summed E-state index contributed by atoms with van der Waals surface area (Å²) in [6, 6.07) is 11.5. The molecule has 0 saturated carbocycles. The third kappa shape index (κ3) is 3.97. The van der Waals surface area contributed by atoms with Gasteiger partial charge in [-0.05, 0) is 25.0 Å². The third-order valence-corrected chi connectivity index (χ3v) is 3.56. The van der Waals surface area contributed by atoms with Crippen molar-refractivity contribution in [1.82, 2.24) is 10.6 Å². The molecule has 0 aliphatic rings. The molecule has 0 spiro atoms. The van der Waals surface area contributed by atoms with Gasteiger partial charge in [0.1, 0.15) is 11.6 Å². The van der Waals surface area contributed by atoms with E-state index in [4.69, 9.17) is 15.2 Å². The number of furan rings is 1. The molecule has 2 rings (SSSR count). The maximum Gasteiger partial charge on any atom is 0.194 e. The summed E-state index contributed by atoms with van der Waals surface area (Å²) < 4.78 is 5.34. The molecule has 22 heavy (non-hydrogen) atoms. The van der Waals surface area contributed by atoms with Crippen molar-refractivity contribution in [2.24, 2.45) is 0 Å². The van der Waals surface area contributed by atoms with Gasteiger partial charge >= 0.3 is 0 Å². The molecule has 4 N–H and O–H groups in total. The van der Waals surface area contributed by atoms with E-state index in [0.29, 0.717) is 0 Å². The van der Waals surface area contributed by atoms with E-state index in [1.807, 2.05) is 36.4 Å². The first-order valence-corrected chi connectivity index (χ1v) is 7.49. The first kappa shape index (κ1) is 15.8. The summed E-state index contributed by atoms with van der Waals surface area (Å²) in [4.78, 5) is 0. The minimum atomic E-state index is 0.161. The quantitative estimate of drug-likeness (QED) is 0.503. The second-order valence-electron chi connectivity index (χ2n) is 5.09. The first-order chi connectivity index (χ1) is 10.6. The van der Waals surface area contributed by atoms with Crippen LogP contribution in [0.2, 0.25) is 0 Å².